The van der Waals surface area contributed by atoms with E-state index in [2.05, 4.69) is 71.2 Å². The number of benzene rings is 3. The summed E-state index contributed by atoms with van der Waals surface area (Å²) < 4.78 is 0. The zero-order chi connectivity index (χ0) is 22.3. The van der Waals surface area contributed by atoms with Gasteiger partial charge in [-0.15, -0.1) is 11.3 Å². The highest BCUT2D eigenvalue weighted by atomic mass is 32.1. The van der Waals surface area contributed by atoms with Gasteiger partial charge < -0.3 is 5.11 Å². The normalized spacial score (nSPS) is 11.7. The lowest BCUT2D eigenvalue weighted by molar-refractivity contribution is 0.478. The second-order valence-corrected chi connectivity index (χ2v) is 10.2. The lowest BCUT2D eigenvalue weighted by Crippen LogP contribution is -2.11. The molecule has 2 nitrogen and oxygen atoms in total. The number of aryl methyl sites for hydroxylation is 3. The molecule has 158 valence electrons. The van der Waals surface area contributed by atoms with Crippen LogP contribution in [0, 0.1) is 20.8 Å². The van der Waals surface area contributed by atoms with Crippen molar-refractivity contribution in [3.63, 3.8) is 0 Å². The Morgan fingerprint density at radius 3 is 2.06 bits per heavy atom. The van der Waals surface area contributed by atoms with Gasteiger partial charge >= 0.3 is 0 Å². The number of aromatic hydroxyl groups is 1. The molecule has 1 heterocycles. The Hall–Kier alpha value is -2.91. The van der Waals surface area contributed by atoms with Crippen LogP contribution in [-0.4, -0.2) is 10.1 Å². The van der Waals surface area contributed by atoms with Crippen molar-refractivity contribution in [1.82, 2.24) is 4.98 Å². The van der Waals surface area contributed by atoms with Gasteiger partial charge in [-0.05, 0) is 60.6 Å². The molecule has 0 unspecified atom stereocenters. The Bertz CT molecular complexity index is 1220. The van der Waals surface area contributed by atoms with Crippen LogP contribution < -0.4 is 0 Å². The van der Waals surface area contributed by atoms with Gasteiger partial charge in [0, 0.05) is 16.5 Å². The summed E-state index contributed by atoms with van der Waals surface area (Å²) in [7, 11) is 0. The van der Waals surface area contributed by atoms with E-state index in [-0.39, 0.29) is 11.2 Å². The summed E-state index contributed by atoms with van der Waals surface area (Å²) in [5.41, 5.74) is 9.66. The van der Waals surface area contributed by atoms with E-state index in [4.69, 9.17) is 4.98 Å². The molecule has 31 heavy (non-hydrogen) atoms. The van der Waals surface area contributed by atoms with Gasteiger partial charge in [0.1, 0.15) is 10.8 Å². The molecule has 3 aromatic carbocycles. The van der Waals surface area contributed by atoms with E-state index < -0.39 is 0 Å². The van der Waals surface area contributed by atoms with Gasteiger partial charge in [0.15, 0.2) is 0 Å². The number of hydrogen-bond acceptors (Lipinski definition) is 3. The zero-order valence-corrected chi connectivity index (χ0v) is 19.9. The fourth-order valence-corrected chi connectivity index (χ4v) is 4.99. The van der Waals surface area contributed by atoms with Crippen LogP contribution in [0.25, 0.3) is 33.0 Å². The highest BCUT2D eigenvalue weighted by Crippen LogP contribution is 2.43. The molecule has 0 atom stereocenters. The average molecular weight is 428 g/mol. The molecule has 0 saturated carbocycles. The Morgan fingerprint density at radius 1 is 0.839 bits per heavy atom. The van der Waals surface area contributed by atoms with Crippen molar-refractivity contribution in [2.24, 2.45) is 0 Å². The van der Waals surface area contributed by atoms with Crippen LogP contribution in [0.3, 0.4) is 0 Å². The van der Waals surface area contributed by atoms with Crippen molar-refractivity contribution in [2.45, 2.75) is 47.0 Å². The molecule has 0 aliphatic heterocycles. The molecule has 0 spiro atoms. The van der Waals surface area contributed by atoms with E-state index in [1.807, 2.05) is 30.3 Å². The summed E-state index contributed by atoms with van der Waals surface area (Å²) in [5.74, 6) is 0.289. The lowest BCUT2D eigenvalue weighted by Gasteiger charge is -2.22. The zero-order valence-electron chi connectivity index (χ0n) is 19.1. The predicted octanol–water partition coefficient (Wildman–Crippen LogP) is 8.07. The van der Waals surface area contributed by atoms with E-state index in [1.165, 1.54) is 27.8 Å². The van der Waals surface area contributed by atoms with Crippen molar-refractivity contribution < 1.29 is 5.11 Å². The van der Waals surface area contributed by atoms with E-state index in [0.29, 0.717) is 0 Å². The topological polar surface area (TPSA) is 33.1 Å². The molecule has 0 saturated heterocycles. The summed E-state index contributed by atoms with van der Waals surface area (Å²) in [6.07, 6.45) is 0. The molecule has 4 rings (SSSR count). The molecule has 0 radical (unpaired) electrons. The van der Waals surface area contributed by atoms with E-state index in [9.17, 15) is 5.11 Å². The van der Waals surface area contributed by atoms with Gasteiger partial charge in [0.2, 0.25) is 0 Å². The monoisotopic (exact) mass is 427 g/mol. The third-order valence-corrected chi connectivity index (χ3v) is 6.60. The Labute approximate surface area is 189 Å². The fraction of sp³-hybridized carbons (Fsp3) is 0.250. The number of hydrogen-bond donors (Lipinski definition) is 1. The number of nitrogens with zero attached hydrogens (tertiary/aromatic N) is 1. The number of phenolic OH excluding ortho intramolecular Hbond substituents is 1. The smallest absolute Gasteiger partial charge is 0.133 e. The summed E-state index contributed by atoms with van der Waals surface area (Å²) in [6, 6.07) is 18.7. The number of thiazole rings is 1. The number of rotatable bonds is 3. The largest absolute Gasteiger partial charge is 0.507 e. The van der Waals surface area contributed by atoms with Crippen molar-refractivity contribution in [3.8, 4) is 38.7 Å². The molecule has 0 amide bonds. The molecule has 1 N–H and O–H groups in total. The first-order valence-corrected chi connectivity index (χ1v) is 11.5. The SMILES string of the molecule is Cc1cc(C)c(-c2csc(-c3cc(C(C)(C)C)cc(-c4ccccc4)c3O)n2)c(C)c1. The second-order valence-electron chi connectivity index (χ2n) is 9.35. The van der Waals surface area contributed by atoms with Crippen molar-refractivity contribution in [3.05, 3.63) is 82.2 Å². The van der Waals surface area contributed by atoms with Crippen LogP contribution in [0.5, 0.6) is 5.75 Å². The number of phenols is 1. The van der Waals surface area contributed by atoms with Gasteiger partial charge in [-0.25, -0.2) is 4.98 Å². The molecular formula is C28H29NOS. The van der Waals surface area contributed by atoms with Gasteiger partial charge in [0.25, 0.3) is 0 Å². The maximum absolute atomic E-state index is 11.3. The minimum Gasteiger partial charge on any atom is -0.507 e. The van der Waals surface area contributed by atoms with Crippen LogP contribution in [0.4, 0.5) is 0 Å². The Morgan fingerprint density at radius 2 is 1.45 bits per heavy atom. The summed E-state index contributed by atoms with van der Waals surface area (Å²) in [6.45, 7) is 13.0. The summed E-state index contributed by atoms with van der Waals surface area (Å²) >= 11 is 1.59. The van der Waals surface area contributed by atoms with Crippen molar-refractivity contribution >= 4 is 11.3 Å². The van der Waals surface area contributed by atoms with Crippen LogP contribution in [0.1, 0.15) is 43.0 Å². The highest BCUT2D eigenvalue weighted by molar-refractivity contribution is 7.13. The van der Waals surface area contributed by atoms with E-state index in [0.717, 1.165) is 27.4 Å². The van der Waals surface area contributed by atoms with E-state index in [1.54, 1.807) is 11.3 Å². The first-order valence-electron chi connectivity index (χ1n) is 10.6. The van der Waals surface area contributed by atoms with Crippen LogP contribution >= 0.6 is 11.3 Å². The summed E-state index contributed by atoms with van der Waals surface area (Å²) in [5, 5.41) is 14.2. The molecule has 0 fully saturated rings. The third kappa shape index (κ3) is 4.15. The fourth-order valence-electron chi connectivity index (χ4n) is 4.16. The van der Waals surface area contributed by atoms with Crippen molar-refractivity contribution in [2.75, 3.05) is 0 Å². The predicted molar refractivity (Wildman–Crippen MR) is 133 cm³/mol. The minimum atomic E-state index is -0.0454. The minimum absolute atomic E-state index is 0.0454. The summed E-state index contributed by atoms with van der Waals surface area (Å²) in [4.78, 5) is 4.98. The van der Waals surface area contributed by atoms with Crippen molar-refractivity contribution in [1.29, 1.82) is 0 Å². The molecular weight excluding hydrogens is 398 g/mol. The maximum Gasteiger partial charge on any atom is 0.133 e. The highest BCUT2D eigenvalue weighted by Gasteiger charge is 2.22. The standard InChI is InChI=1S/C28H29NOS/c1-17-12-18(2)25(19(3)13-17)24-16-31-27(29-24)23-15-21(28(4,5)6)14-22(26(23)30)20-10-8-7-9-11-20/h7-16,30H,1-6H3. The quantitative estimate of drug-likeness (QED) is 0.358. The third-order valence-electron chi connectivity index (χ3n) is 5.73. The second kappa shape index (κ2) is 7.97. The van der Waals surface area contributed by atoms with Crippen LogP contribution in [-0.2, 0) is 5.41 Å². The number of aromatic nitrogens is 1. The molecule has 0 aliphatic rings. The van der Waals surface area contributed by atoms with Gasteiger partial charge in [-0.2, -0.15) is 0 Å². The lowest BCUT2D eigenvalue weighted by atomic mass is 9.83. The van der Waals surface area contributed by atoms with Crippen LogP contribution in [0.2, 0.25) is 0 Å². The molecule has 4 aromatic rings. The first kappa shape index (κ1) is 21.3. The average Bonchev–Trinajstić information content (AvgIpc) is 3.16. The van der Waals surface area contributed by atoms with Gasteiger partial charge in [0.05, 0.1) is 11.3 Å². The van der Waals surface area contributed by atoms with Crippen LogP contribution in [0.15, 0.2) is 60.0 Å². The molecule has 0 bridgehead atoms. The molecule has 1 aromatic heterocycles. The molecule has 3 heteroatoms. The maximum atomic E-state index is 11.3. The van der Waals surface area contributed by atoms with Gasteiger partial charge in [-0.3, -0.25) is 0 Å². The molecule has 0 aliphatic carbocycles. The van der Waals surface area contributed by atoms with Gasteiger partial charge in [-0.1, -0.05) is 68.8 Å². The Kier molecular flexibility index (Phi) is 5.49. The Balaban J connectivity index is 1.90. The van der Waals surface area contributed by atoms with E-state index >= 15 is 0 Å². The first-order chi connectivity index (χ1) is 14.6.